The van der Waals surface area contributed by atoms with E-state index < -0.39 is 17.8 Å². The maximum Gasteiger partial charge on any atom is 0.433 e. The molecule has 9 heteroatoms. The zero-order chi connectivity index (χ0) is 18.6. The van der Waals surface area contributed by atoms with Crippen molar-refractivity contribution in [1.82, 2.24) is 15.2 Å². The van der Waals surface area contributed by atoms with Crippen LogP contribution in [0.1, 0.15) is 28.9 Å². The van der Waals surface area contributed by atoms with Gasteiger partial charge in [0.15, 0.2) is 0 Å². The van der Waals surface area contributed by atoms with E-state index in [1.54, 1.807) is 0 Å². The number of nitrogens with one attached hydrogen (secondary N) is 1. The molecule has 0 unspecified atom stereocenters. The smallest absolute Gasteiger partial charge is 0.381 e. The van der Waals surface area contributed by atoms with E-state index in [-0.39, 0.29) is 11.1 Å². The highest BCUT2D eigenvalue weighted by Gasteiger charge is 2.39. The van der Waals surface area contributed by atoms with Crippen molar-refractivity contribution in [3.63, 3.8) is 0 Å². The number of aromatic nitrogens is 1. The van der Waals surface area contributed by atoms with Crippen LogP contribution in [0.4, 0.5) is 13.2 Å². The fourth-order valence-electron chi connectivity index (χ4n) is 3.44. The van der Waals surface area contributed by atoms with Crippen LogP contribution in [-0.2, 0) is 10.9 Å². The summed E-state index contributed by atoms with van der Waals surface area (Å²) in [7, 11) is 0. The molecule has 3 heterocycles. The van der Waals surface area contributed by atoms with E-state index in [9.17, 15) is 18.0 Å². The van der Waals surface area contributed by atoms with E-state index in [0.717, 1.165) is 49.7 Å². The van der Waals surface area contributed by atoms with E-state index in [1.165, 1.54) is 6.07 Å². The van der Waals surface area contributed by atoms with Gasteiger partial charge >= 0.3 is 6.18 Å². The number of hydrogen-bond acceptors (Lipinski definition) is 5. The van der Waals surface area contributed by atoms with E-state index in [4.69, 9.17) is 4.74 Å². The lowest BCUT2D eigenvalue weighted by molar-refractivity contribution is -0.141. The third-order valence-electron chi connectivity index (χ3n) is 5.00. The lowest BCUT2D eigenvalue weighted by Crippen LogP contribution is -2.60. The maximum absolute atomic E-state index is 12.6. The molecule has 0 atom stereocenters. The molecular formula is C17H22F3N3O2S. The topological polar surface area (TPSA) is 54.5 Å². The van der Waals surface area contributed by atoms with Crippen molar-refractivity contribution in [2.24, 2.45) is 0 Å². The molecule has 1 amide bonds. The van der Waals surface area contributed by atoms with Gasteiger partial charge in [-0.25, -0.2) is 0 Å². The molecule has 1 aromatic rings. The van der Waals surface area contributed by atoms with Gasteiger partial charge in [-0.05, 0) is 25.0 Å². The van der Waals surface area contributed by atoms with Gasteiger partial charge in [0, 0.05) is 56.1 Å². The number of alkyl halides is 3. The van der Waals surface area contributed by atoms with Crippen LogP contribution in [0.15, 0.2) is 18.3 Å². The molecule has 2 saturated heterocycles. The molecule has 1 N–H and O–H groups in total. The molecule has 144 valence electrons. The zero-order valence-electron chi connectivity index (χ0n) is 14.3. The number of halogens is 3. The summed E-state index contributed by atoms with van der Waals surface area (Å²) in [5, 5.41) is 2.90. The van der Waals surface area contributed by atoms with Crippen molar-refractivity contribution < 1.29 is 22.7 Å². The van der Waals surface area contributed by atoms with Gasteiger partial charge < -0.3 is 10.1 Å². The van der Waals surface area contributed by atoms with Gasteiger partial charge in [-0.2, -0.15) is 24.9 Å². The molecule has 0 saturated carbocycles. The number of carbonyl (C=O) groups excluding carboxylic acids is 1. The summed E-state index contributed by atoms with van der Waals surface area (Å²) in [5.41, 5.74) is -1.01. The number of ether oxygens (including phenoxy) is 1. The number of pyridine rings is 1. The third-order valence-corrected chi connectivity index (χ3v) is 5.94. The van der Waals surface area contributed by atoms with Crippen LogP contribution in [0.5, 0.6) is 0 Å². The molecule has 1 aromatic heterocycles. The SMILES string of the molecule is O=C(NCC1(N2CCSCC2)CCOCC1)c1ccc(C(F)(F)F)nc1. The van der Waals surface area contributed by atoms with E-state index in [1.807, 2.05) is 11.8 Å². The fourth-order valence-corrected chi connectivity index (χ4v) is 4.34. The largest absolute Gasteiger partial charge is 0.433 e. The second-order valence-corrected chi connectivity index (χ2v) is 7.77. The van der Waals surface area contributed by atoms with Crippen LogP contribution in [0, 0.1) is 0 Å². The van der Waals surface area contributed by atoms with Gasteiger partial charge in [0.05, 0.1) is 5.56 Å². The maximum atomic E-state index is 12.6. The Bertz CT molecular complexity index is 613. The molecule has 5 nitrogen and oxygen atoms in total. The summed E-state index contributed by atoms with van der Waals surface area (Å²) in [6.45, 7) is 3.72. The Balaban J connectivity index is 1.65. The minimum atomic E-state index is -4.51. The summed E-state index contributed by atoms with van der Waals surface area (Å²) < 4.78 is 43.2. The monoisotopic (exact) mass is 389 g/mol. The lowest BCUT2D eigenvalue weighted by atomic mass is 9.87. The van der Waals surface area contributed by atoms with Crippen molar-refractivity contribution in [1.29, 1.82) is 0 Å². The van der Waals surface area contributed by atoms with Crippen LogP contribution >= 0.6 is 11.8 Å². The Hall–Kier alpha value is -1.32. The van der Waals surface area contributed by atoms with Crippen LogP contribution in [0.3, 0.4) is 0 Å². The van der Waals surface area contributed by atoms with E-state index in [0.29, 0.717) is 19.8 Å². The predicted octanol–water partition coefficient (Wildman–Crippen LogP) is 2.43. The van der Waals surface area contributed by atoms with Crippen molar-refractivity contribution in [2.45, 2.75) is 24.6 Å². The van der Waals surface area contributed by atoms with Gasteiger partial charge in [0.2, 0.25) is 0 Å². The number of thioether (sulfide) groups is 1. The summed E-state index contributed by atoms with van der Waals surface area (Å²) in [5.74, 6) is 1.74. The summed E-state index contributed by atoms with van der Waals surface area (Å²) in [6.07, 6.45) is -1.85. The molecule has 2 aliphatic heterocycles. The Morgan fingerprint density at radius 3 is 2.54 bits per heavy atom. The number of amides is 1. The molecule has 2 fully saturated rings. The highest BCUT2D eigenvalue weighted by Crippen LogP contribution is 2.30. The second kappa shape index (κ2) is 8.14. The average molecular weight is 389 g/mol. The molecule has 0 spiro atoms. The first-order valence-corrected chi connectivity index (χ1v) is 9.78. The number of hydrogen-bond donors (Lipinski definition) is 1. The van der Waals surface area contributed by atoms with Gasteiger partial charge in [-0.15, -0.1) is 0 Å². The number of carbonyl (C=O) groups is 1. The minimum Gasteiger partial charge on any atom is -0.381 e. The summed E-state index contributed by atoms with van der Waals surface area (Å²) >= 11 is 1.93. The molecule has 0 bridgehead atoms. The van der Waals surface area contributed by atoms with E-state index in [2.05, 4.69) is 15.2 Å². The standard InChI is InChI=1S/C17H22F3N3O2S/c18-17(19,20)14-2-1-13(11-21-14)15(24)22-12-16(3-7-25-8-4-16)23-5-9-26-10-6-23/h1-2,11H,3-10,12H2,(H,22,24). The summed E-state index contributed by atoms with van der Waals surface area (Å²) in [6, 6.07) is 2.00. The first-order chi connectivity index (χ1) is 12.4. The highest BCUT2D eigenvalue weighted by molar-refractivity contribution is 7.99. The Labute approximate surface area is 154 Å². The lowest BCUT2D eigenvalue weighted by Gasteiger charge is -2.48. The second-order valence-electron chi connectivity index (χ2n) is 6.55. The van der Waals surface area contributed by atoms with Crippen LogP contribution in [-0.4, -0.2) is 65.7 Å². The van der Waals surface area contributed by atoms with Gasteiger partial charge in [-0.3, -0.25) is 14.7 Å². The van der Waals surface area contributed by atoms with Crippen molar-refractivity contribution in [2.75, 3.05) is 44.4 Å². The van der Waals surface area contributed by atoms with Gasteiger partial charge in [-0.1, -0.05) is 0 Å². The van der Waals surface area contributed by atoms with Crippen molar-refractivity contribution in [3.05, 3.63) is 29.6 Å². The highest BCUT2D eigenvalue weighted by atomic mass is 32.2. The van der Waals surface area contributed by atoms with E-state index >= 15 is 0 Å². The molecule has 2 aliphatic rings. The average Bonchev–Trinajstić information content (AvgIpc) is 2.67. The van der Waals surface area contributed by atoms with Crippen molar-refractivity contribution in [3.8, 4) is 0 Å². The Morgan fingerprint density at radius 1 is 1.27 bits per heavy atom. The van der Waals surface area contributed by atoms with Crippen LogP contribution in [0.2, 0.25) is 0 Å². The minimum absolute atomic E-state index is 0.134. The molecule has 3 rings (SSSR count). The normalized spacial score (nSPS) is 21.3. The Morgan fingerprint density at radius 2 is 1.96 bits per heavy atom. The molecule has 0 radical (unpaired) electrons. The fraction of sp³-hybridized carbons (Fsp3) is 0.647. The predicted molar refractivity (Wildman–Crippen MR) is 93.3 cm³/mol. The molecule has 0 aliphatic carbocycles. The zero-order valence-corrected chi connectivity index (χ0v) is 15.2. The third kappa shape index (κ3) is 4.50. The van der Waals surface area contributed by atoms with Gasteiger partial charge in [0.25, 0.3) is 5.91 Å². The number of rotatable bonds is 4. The van der Waals surface area contributed by atoms with Crippen molar-refractivity contribution >= 4 is 17.7 Å². The molecular weight excluding hydrogens is 367 g/mol. The molecule has 0 aromatic carbocycles. The Kier molecular flexibility index (Phi) is 6.09. The van der Waals surface area contributed by atoms with Crippen LogP contribution in [0.25, 0.3) is 0 Å². The number of nitrogens with zero attached hydrogens (tertiary/aromatic N) is 2. The molecule has 26 heavy (non-hydrogen) atoms. The van der Waals surface area contributed by atoms with Crippen LogP contribution < -0.4 is 5.32 Å². The first kappa shape index (κ1) is 19.4. The first-order valence-electron chi connectivity index (χ1n) is 8.63. The quantitative estimate of drug-likeness (QED) is 0.857. The van der Waals surface area contributed by atoms with Gasteiger partial charge in [0.1, 0.15) is 5.69 Å². The summed E-state index contributed by atoms with van der Waals surface area (Å²) in [4.78, 5) is 18.2.